The highest BCUT2D eigenvalue weighted by atomic mass is 35.5. The first-order valence-corrected chi connectivity index (χ1v) is 13.5. The fraction of sp³-hybridized carbons (Fsp3) is 0.483. The summed E-state index contributed by atoms with van der Waals surface area (Å²) in [6.07, 6.45) is 0.770. The van der Waals surface area contributed by atoms with Crippen molar-refractivity contribution in [1.29, 1.82) is 0 Å². The number of halogens is 2. The zero-order valence-electron chi connectivity index (χ0n) is 22.3. The number of rotatable bonds is 8. The molecule has 4 rings (SSSR count). The van der Waals surface area contributed by atoms with Gasteiger partial charge in [-0.25, -0.2) is 9.40 Å². The largest absolute Gasteiger partial charge is 0.379 e. The average molecular weight is 543 g/mol. The summed E-state index contributed by atoms with van der Waals surface area (Å²) in [5.41, 5.74) is 1.99. The monoisotopic (exact) mass is 542 g/mol. The van der Waals surface area contributed by atoms with Gasteiger partial charge in [0, 0.05) is 44.0 Å². The number of benzene rings is 2. The summed E-state index contributed by atoms with van der Waals surface area (Å²) >= 11 is 6.53. The Kier molecular flexibility index (Phi) is 9.18. The minimum atomic E-state index is -0.421. The zero-order chi connectivity index (χ0) is 27.3. The Morgan fingerprint density at radius 3 is 2.45 bits per heavy atom. The Balaban J connectivity index is 1.58. The molecule has 0 aliphatic carbocycles. The van der Waals surface area contributed by atoms with Crippen LogP contribution in [0.4, 0.5) is 4.39 Å². The van der Waals surface area contributed by atoms with Crippen LogP contribution in [0.3, 0.4) is 0 Å². The molecule has 2 aliphatic rings. The molecule has 1 fully saturated rings. The van der Waals surface area contributed by atoms with Gasteiger partial charge in [-0.1, -0.05) is 62.7 Å². The van der Waals surface area contributed by atoms with Crippen molar-refractivity contribution in [3.05, 3.63) is 70.5 Å². The number of nitrogens with zero attached hydrogens (tertiary/aromatic N) is 4. The summed E-state index contributed by atoms with van der Waals surface area (Å²) in [5.74, 6) is -0.678. The smallest absolute Gasteiger partial charge is 0.262 e. The number of carbonyl (C=O) groups excluding carboxylic acids is 2. The van der Waals surface area contributed by atoms with Crippen molar-refractivity contribution in [2.24, 2.45) is 10.5 Å². The number of hydrogen-bond acceptors (Lipinski definition) is 5. The van der Waals surface area contributed by atoms with Crippen LogP contribution in [0.15, 0.2) is 53.6 Å². The van der Waals surface area contributed by atoms with Crippen LogP contribution in [-0.2, 0) is 14.3 Å². The van der Waals surface area contributed by atoms with Crippen molar-refractivity contribution in [1.82, 2.24) is 14.8 Å². The topological polar surface area (TPSA) is 65.5 Å². The van der Waals surface area contributed by atoms with Gasteiger partial charge in [0.2, 0.25) is 5.91 Å². The summed E-state index contributed by atoms with van der Waals surface area (Å²) < 4.78 is 19.0. The van der Waals surface area contributed by atoms with Gasteiger partial charge < -0.3 is 9.64 Å². The molecule has 2 aromatic rings. The summed E-state index contributed by atoms with van der Waals surface area (Å²) in [6.45, 7) is 10.0. The van der Waals surface area contributed by atoms with Crippen LogP contribution in [0.5, 0.6) is 0 Å². The Hall–Kier alpha value is -2.81. The molecular weight excluding hydrogens is 507 g/mol. The highest BCUT2D eigenvalue weighted by molar-refractivity contribution is 6.31. The van der Waals surface area contributed by atoms with Crippen LogP contribution in [0, 0.1) is 11.2 Å². The third-order valence-electron chi connectivity index (χ3n) is 6.76. The van der Waals surface area contributed by atoms with Crippen LogP contribution < -0.4 is 0 Å². The van der Waals surface area contributed by atoms with Crippen LogP contribution in [0.2, 0.25) is 5.02 Å². The number of hydrazone groups is 1. The summed E-state index contributed by atoms with van der Waals surface area (Å²) in [7, 11) is 0. The number of ether oxygens (including phenoxy) is 1. The molecule has 2 amide bonds. The Morgan fingerprint density at radius 2 is 1.79 bits per heavy atom. The SMILES string of the molecule is CC(C)(C)CC(=O)N(CCN1CCOCC1)CC(=O)N1N=C(c2ccc(F)cc2)C[C@H]1c1ccccc1Cl. The number of morpholine rings is 1. The summed E-state index contributed by atoms with van der Waals surface area (Å²) in [5, 5.41) is 6.67. The second-order valence-corrected chi connectivity index (χ2v) is 11.4. The van der Waals surface area contributed by atoms with Crippen LogP contribution in [0.25, 0.3) is 0 Å². The van der Waals surface area contributed by atoms with E-state index in [0.29, 0.717) is 49.9 Å². The van der Waals surface area contributed by atoms with Gasteiger partial charge in [0.25, 0.3) is 5.91 Å². The van der Waals surface area contributed by atoms with Gasteiger partial charge >= 0.3 is 0 Å². The first-order valence-electron chi connectivity index (χ1n) is 13.1. The van der Waals surface area contributed by atoms with Gasteiger partial charge in [0.05, 0.1) is 25.0 Å². The van der Waals surface area contributed by atoms with Gasteiger partial charge in [-0.2, -0.15) is 5.10 Å². The van der Waals surface area contributed by atoms with E-state index in [1.807, 2.05) is 39.0 Å². The van der Waals surface area contributed by atoms with E-state index in [9.17, 15) is 14.0 Å². The number of amides is 2. The van der Waals surface area contributed by atoms with E-state index in [4.69, 9.17) is 16.3 Å². The average Bonchev–Trinajstić information content (AvgIpc) is 3.32. The second-order valence-electron chi connectivity index (χ2n) is 11.0. The molecule has 7 nitrogen and oxygen atoms in total. The maximum Gasteiger partial charge on any atom is 0.262 e. The predicted molar refractivity (Wildman–Crippen MR) is 147 cm³/mol. The third kappa shape index (κ3) is 7.40. The maximum absolute atomic E-state index is 13.8. The van der Waals surface area contributed by atoms with Crippen molar-refractivity contribution in [2.45, 2.75) is 39.7 Å². The van der Waals surface area contributed by atoms with E-state index < -0.39 is 6.04 Å². The zero-order valence-corrected chi connectivity index (χ0v) is 23.1. The highest BCUT2D eigenvalue weighted by Gasteiger charge is 2.35. The van der Waals surface area contributed by atoms with E-state index >= 15 is 0 Å². The molecule has 1 saturated heterocycles. The van der Waals surface area contributed by atoms with E-state index in [0.717, 1.165) is 24.2 Å². The molecule has 0 unspecified atom stereocenters. The van der Waals surface area contributed by atoms with E-state index in [2.05, 4.69) is 10.0 Å². The highest BCUT2D eigenvalue weighted by Crippen LogP contribution is 2.36. The molecule has 9 heteroatoms. The van der Waals surface area contributed by atoms with Gasteiger partial charge in [-0.15, -0.1) is 0 Å². The van der Waals surface area contributed by atoms with Crippen LogP contribution in [-0.4, -0.2) is 78.3 Å². The van der Waals surface area contributed by atoms with Crippen molar-refractivity contribution in [3.63, 3.8) is 0 Å². The first kappa shape index (κ1) is 28.2. The Morgan fingerprint density at radius 1 is 1.11 bits per heavy atom. The molecule has 0 bridgehead atoms. The van der Waals surface area contributed by atoms with Gasteiger partial charge in [-0.05, 0) is 34.7 Å². The molecule has 2 aliphatic heterocycles. The van der Waals surface area contributed by atoms with Crippen molar-refractivity contribution in [3.8, 4) is 0 Å². The maximum atomic E-state index is 13.8. The van der Waals surface area contributed by atoms with Crippen molar-refractivity contribution in [2.75, 3.05) is 45.9 Å². The molecule has 1 atom stereocenters. The fourth-order valence-corrected chi connectivity index (χ4v) is 4.99. The minimum Gasteiger partial charge on any atom is -0.379 e. The predicted octanol–water partition coefficient (Wildman–Crippen LogP) is 4.75. The molecule has 0 aromatic heterocycles. The lowest BCUT2D eigenvalue weighted by Gasteiger charge is -2.32. The molecule has 0 radical (unpaired) electrons. The normalized spacial score (nSPS) is 18.4. The van der Waals surface area contributed by atoms with E-state index in [1.54, 1.807) is 23.1 Å². The van der Waals surface area contributed by atoms with E-state index in [-0.39, 0.29) is 29.6 Å². The van der Waals surface area contributed by atoms with Gasteiger partial charge in [-0.3, -0.25) is 14.5 Å². The molecule has 0 saturated carbocycles. The molecule has 2 aromatic carbocycles. The quantitative estimate of drug-likeness (QED) is 0.483. The minimum absolute atomic E-state index is 0.0599. The summed E-state index contributed by atoms with van der Waals surface area (Å²) in [4.78, 5) is 31.0. The van der Waals surface area contributed by atoms with Crippen LogP contribution in [0.1, 0.15) is 50.8 Å². The van der Waals surface area contributed by atoms with Crippen molar-refractivity contribution >= 4 is 29.1 Å². The molecule has 0 N–H and O–H groups in total. The molecule has 0 spiro atoms. The molecule has 204 valence electrons. The lowest BCUT2D eigenvalue weighted by atomic mass is 9.91. The Labute approximate surface area is 229 Å². The molecule has 38 heavy (non-hydrogen) atoms. The standard InChI is InChI=1S/C29H36ClFN4O3/c1-29(2,3)19-27(36)34(13-12-33-14-16-38-17-15-33)20-28(37)35-26(23-6-4-5-7-24(23)30)18-25(32-35)21-8-10-22(31)11-9-21/h4-11,26H,12-20H2,1-3H3/t26-/m0/s1. The van der Waals surface area contributed by atoms with Crippen molar-refractivity contribution < 1.29 is 18.7 Å². The fourth-order valence-electron chi connectivity index (χ4n) is 4.72. The third-order valence-corrected chi connectivity index (χ3v) is 7.10. The molecular formula is C29H36ClFN4O3. The lowest BCUT2D eigenvalue weighted by molar-refractivity contribution is -0.142. The second kappa shape index (κ2) is 12.4. The van der Waals surface area contributed by atoms with E-state index in [1.165, 1.54) is 17.1 Å². The Bertz CT molecular complexity index is 1160. The van der Waals surface area contributed by atoms with Gasteiger partial charge in [0.15, 0.2) is 0 Å². The number of hydrogen-bond donors (Lipinski definition) is 0. The number of carbonyl (C=O) groups is 2. The van der Waals surface area contributed by atoms with Crippen LogP contribution >= 0.6 is 11.6 Å². The molecule has 2 heterocycles. The summed E-state index contributed by atoms with van der Waals surface area (Å²) in [6, 6.07) is 13.1. The first-order chi connectivity index (χ1) is 18.1. The lowest BCUT2D eigenvalue weighted by Crippen LogP contribution is -2.47. The van der Waals surface area contributed by atoms with Gasteiger partial charge in [0.1, 0.15) is 12.4 Å².